The number of alkyl carbamates (subject to hydrolysis) is 1. The molecule has 224 valence electrons. The van der Waals surface area contributed by atoms with Gasteiger partial charge >= 0.3 is 29.4 Å². The van der Waals surface area contributed by atoms with E-state index >= 15 is 0 Å². The number of aliphatic hydroxyl groups is 1. The second-order valence-corrected chi connectivity index (χ2v) is 14.1. The molecule has 0 bridgehead atoms. The quantitative estimate of drug-likeness (QED) is 0.204. The molecule has 8 nitrogen and oxygen atoms in total. The van der Waals surface area contributed by atoms with Crippen LogP contribution in [0.2, 0.25) is 0 Å². The van der Waals surface area contributed by atoms with E-state index in [0.29, 0.717) is 5.56 Å². The lowest BCUT2D eigenvalue weighted by atomic mass is 10.0. The van der Waals surface area contributed by atoms with Crippen molar-refractivity contribution in [1.82, 2.24) is 10.3 Å². The number of carbonyl (C=O) groups is 2. The van der Waals surface area contributed by atoms with E-state index in [4.69, 9.17) is 9.47 Å². The third-order valence-corrected chi connectivity index (χ3v) is 8.42. The summed E-state index contributed by atoms with van der Waals surface area (Å²) in [6.45, 7) is 8.16. The van der Waals surface area contributed by atoms with Crippen LogP contribution in [0, 0.1) is 0 Å². The minimum absolute atomic E-state index is 0.00734. The Kier molecular flexibility index (Phi) is 10.6. The summed E-state index contributed by atoms with van der Waals surface area (Å²) in [5.41, 5.74) is -3.04. The number of hydrogen-bond acceptors (Lipinski definition) is 6. The molecule has 0 aliphatic rings. The maximum atomic E-state index is 14.5. The lowest BCUT2D eigenvalue weighted by molar-refractivity contribution is -0.137. The van der Waals surface area contributed by atoms with Gasteiger partial charge in [0.15, 0.2) is 11.4 Å². The zero-order valence-corrected chi connectivity index (χ0v) is 25.1. The van der Waals surface area contributed by atoms with Gasteiger partial charge in [0.05, 0.1) is 11.6 Å². The number of nitrogens with zero attached hydrogens (tertiary/aromatic N) is 1. The first-order valence-electron chi connectivity index (χ1n) is 12.0. The van der Waals surface area contributed by atoms with Crippen molar-refractivity contribution >= 4 is 43.7 Å². The molecule has 0 aliphatic carbocycles. The molecule has 0 fully saturated rings. The van der Waals surface area contributed by atoms with Crippen LogP contribution in [0.4, 0.5) is 36.7 Å². The molecular formula is C25H32BrF5N3O5S+. The van der Waals surface area contributed by atoms with Gasteiger partial charge in [0.1, 0.15) is 17.8 Å². The molecule has 40 heavy (non-hydrogen) atoms. The molecule has 0 saturated heterocycles. The van der Waals surface area contributed by atoms with Crippen LogP contribution < -0.4 is 10.6 Å². The van der Waals surface area contributed by atoms with Crippen LogP contribution in [0.1, 0.15) is 58.4 Å². The summed E-state index contributed by atoms with van der Waals surface area (Å²) >= 11 is 3.13. The number of benzene rings is 1. The Labute approximate surface area is 239 Å². The van der Waals surface area contributed by atoms with Gasteiger partial charge in [-0.1, -0.05) is 12.1 Å². The number of hydrogen-bond donors (Lipinski definition) is 3. The molecule has 2 unspecified atom stereocenters. The molecule has 2 aromatic rings. The number of aromatic nitrogens is 1. The highest BCUT2D eigenvalue weighted by Gasteiger charge is 2.44. The number of ether oxygens (including phenoxy) is 2. The van der Waals surface area contributed by atoms with E-state index in [2.05, 4.69) is 31.5 Å². The Balaban J connectivity index is 2.50. The van der Waals surface area contributed by atoms with Crippen molar-refractivity contribution in [1.29, 1.82) is 0 Å². The van der Waals surface area contributed by atoms with Crippen molar-refractivity contribution in [2.45, 2.75) is 83.1 Å². The van der Waals surface area contributed by atoms with Crippen LogP contribution in [0.5, 0.6) is 0 Å². The highest BCUT2D eigenvalue weighted by molar-refractivity contribution is 9.11. The highest BCUT2D eigenvalue weighted by atomic mass is 79.9. The molecular weight excluding hydrogens is 629 g/mol. The number of anilines is 1. The lowest BCUT2D eigenvalue weighted by Gasteiger charge is -2.22. The Bertz CT molecular complexity index is 1190. The van der Waals surface area contributed by atoms with Crippen molar-refractivity contribution < 1.29 is 46.1 Å². The first-order valence-corrected chi connectivity index (χ1v) is 14.1. The maximum absolute atomic E-state index is 14.5. The second kappa shape index (κ2) is 12.6. The normalized spacial score (nSPS) is 14.0. The van der Waals surface area contributed by atoms with Gasteiger partial charge in [0, 0.05) is 26.4 Å². The Morgan fingerprint density at radius 1 is 0.975 bits per heavy atom. The Hall–Kier alpha value is -2.52. The standard InChI is InChI=1S/C25H31BrF5N3O5S/c1-22(2,3)38-20(36)32-16(11-14-7-9-15(10-8-14)25(29,30)31)12-40-18(26)17(24(27,28)13-35)33-19(40)34-21(37)39-23(4,5)6/h7-10,16,35H,11-13H2,1-6H3,(H-,32,33,34,36,37)/p+1. The van der Waals surface area contributed by atoms with Crippen LogP contribution in [-0.2, 0) is 33.7 Å². The van der Waals surface area contributed by atoms with Crippen molar-refractivity contribution in [3.63, 3.8) is 0 Å². The van der Waals surface area contributed by atoms with Gasteiger partial charge in [-0.3, -0.25) is 0 Å². The van der Waals surface area contributed by atoms with Gasteiger partial charge in [-0.25, -0.2) is 14.9 Å². The summed E-state index contributed by atoms with van der Waals surface area (Å²) in [6, 6.07) is 3.41. The molecule has 0 radical (unpaired) electrons. The van der Waals surface area contributed by atoms with E-state index in [0.717, 1.165) is 12.1 Å². The molecule has 0 saturated carbocycles. The number of halogens is 6. The topological polar surface area (TPSA) is 110 Å². The summed E-state index contributed by atoms with van der Waals surface area (Å²) < 4.78 is 78.5. The predicted molar refractivity (Wildman–Crippen MR) is 144 cm³/mol. The third-order valence-electron chi connectivity index (χ3n) is 4.85. The molecule has 1 aromatic heterocycles. The average Bonchev–Trinajstić information content (AvgIpc) is 3.06. The first-order chi connectivity index (χ1) is 18.1. The number of nitrogens with one attached hydrogen (secondary N) is 2. The summed E-state index contributed by atoms with van der Waals surface area (Å²) in [6.07, 6.45) is -6.35. The number of carbonyl (C=O) groups excluding carboxylic acids is 2. The predicted octanol–water partition coefficient (Wildman–Crippen LogP) is 7.18. The number of aliphatic hydroxyl groups excluding tert-OH is 1. The molecule has 1 heterocycles. The monoisotopic (exact) mass is 660 g/mol. The van der Waals surface area contributed by atoms with Crippen molar-refractivity contribution in [3.05, 3.63) is 44.9 Å². The highest BCUT2D eigenvalue weighted by Crippen LogP contribution is 2.47. The molecule has 0 aliphatic heterocycles. The Morgan fingerprint density at radius 2 is 1.50 bits per heavy atom. The van der Waals surface area contributed by atoms with Crippen LogP contribution in [0.25, 0.3) is 0 Å². The van der Waals surface area contributed by atoms with E-state index in [-0.39, 0.29) is 21.1 Å². The second-order valence-electron chi connectivity index (χ2n) is 10.8. The number of thiazole rings is 1. The molecule has 15 heteroatoms. The molecule has 2 atom stereocenters. The average molecular weight is 662 g/mol. The third kappa shape index (κ3) is 10.1. The fraction of sp³-hybridized carbons (Fsp3) is 0.560. The van der Waals surface area contributed by atoms with Gasteiger partial charge in [-0.2, -0.15) is 26.9 Å². The van der Waals surface area contributed by atoms with E-state index in [9.17, 15) is 36.6 Å². The minimum atomic E-state index is -4.54. The summed E-state index contributed by atoms with van der Waals surface area (Å²) in [4.78, 5) is 28.9. The summed E-state index contributed by atoms with van der Waals surface area (Å²) in [5.74, 6) is -3.87. The fourth-order valence-corrected chi connectivity index (χ4v) is 6.43. The van der Waals surface area contributed by atoms with E-state index in [1.54, 1.807) is 41.5 Å². The lowest BCUT2D eigenvalue weighted by Crippen LogP contribution is -2.41. The Morgan fingerprint density at radius 3 is 1.98 bits per heavy atom. The van der Waals surface area contributed by atoms with Crippen LogP contribution in [-0.4, -0.2) is 46.1 Å². The van der Waals surface area contributed by atoms with Crippen molar-refractivity contribution in [3.8, 4) is 0 Å². The summed E-state index contributed by atoms with van der Waals surface area (Å²) in [7, 11) is -1.41. The van der Waals surface area contributed by atoms with E-state index < -0.39 is 69.9 Å². The van der Waals surface area contributed by atoms with Crippen molar-refractivity contribution in [2.24, 2.45) is 0 Å². The SMILES string of the molecule is CC(C)(C)OC(=O)Nc1nc(C(F)(F)CO)c(Br)[s+]1CC(Cc1ccc(C(F)(F)F)cc1)NC(=O)OC(C)(C)C. The zero-order chi connectivity index (χ0) is 30.7. The van der Waals surface area contributed by atoms with Gasteiger partial charge in [0.2, 0.25) is 3.79 Å². The van der Waals surface area contributed by atoms with Gasteiger partial charge < -0.3 is 19.9 Å². The fourth-order valence-electron chi connectivity index (χ4n) is 3.28. The number of alkyl halides is 5. The minimum Gasteiger partial charge on any atom is -0.444 e. The van der Waals surface area contributed by atoms with Crippen LogP contribution in [0.15, 0.2) is 28.1 Å². The van der Waals surface area contributed by atoms with Gasteiger partial charge in [-0.15, -0.1) is 0 Å². The maximum Gasteiger partial charge on any atom is 0.417 e. The molecule has 1 aromatic carbocycles. The van der Waals surface area contributed by atoms with E-state index in [1.165, 1.54) is 12.1 Å². The largest absolute Gasteiger partial charge is 0.444 e. The molecule has 3 N–H and O–H groups in total. The van der Waals surface area contributed by atoms with Crippen LogP contribution >= 0.6 is 26.4 Å². The van der Waals surface area contributed by atoms with Gasteiger partial charge in [-0.05, 0) is 65.7 Å². The smallest absolute Gasteiger partial charge is 0.417 e. The van der Waals surface area contributed by atoms with Gasteiger partial charge in [0.25, 0.3) is 0 Å². The zero-order valence-electron chi connectivity index (χ0n) is 22.7. The molecule has 2 rings (SSSR count). The number of rotatable bonds is 8. The molecule has 0 spiro atoms. The number of amides is 2. The molecule has 2 amide bonds. The van der Waals surface area contributed by atoms with E-state index in [1.807, 2.05) is 0 Å². The summed E-state index contributed by atoms with van der Waals surface area (Å²) in [5, 5.41) is 14.0. The van der Waals surface area contributed by atoms with Crippen LogP contribution in [0.3, 0.4) is 0 Å². The van der Waals surface area contributed by atoms with Crippen molar-refractivity contribution in [2.75, 3.05) is 11.9 Å². The first kappa shape index (κ1) is 33.7.